The van der Waals surface area contributed by atoms with Crippen LogP contribution in [0, 0.1) is 5.82 Å². The van der Waals surface area contributed by atoms with Crippen LogP contribution in [0.5, 0.6) is 0 Å². The largest absolute Gasteiger partial charge is 0.349 e. The van der Waals surface area contributed by atoms with Crippen LogP contribution in [0.1, 0.15) is 28.8 Å². The normalized spacial score (nSPS) is 13.5. The van der Waals surface area contributed by atoms with E-state index in [4.69, 9.17) is 11.6 Å². The molecule has 0 aromatic heterocycles. The number of hydrogen-bond acceptors (Lipinski definition) is 3. The zero-order chi connectivity index (χ0) is 19.4. The lowest BCUT2D eigenvalue weighted by Gasteiger charge is -2.17. The number of carbonyl (C=O) groups is 2. The fraction of sp³-hybridized carbons (Fsp3) is 0.300. The number of hydrogen-bond donors (Lipinski definition) is 2. The first-order valence-corrected chi connectivity index (χ1v) is 9.12. The quantitative estimate of drug-likeness (QED) is 0.762. The molecule has 0 heterocycles. The Labute approximate surface area is 162 Å². The number of likely N-dealkylation sites (N-methyl/N-ethyl adjacent to an activating group) is 1. The average Bonchev–Trinajstić information content (AvgIpc) is 3.42. The highest BCUT2D eigenvalue weighted by Crippen LogP contribution is 2.21. The van der Waals surface area contributed by atoms with E-state index in [0.29, 0.717) is 21.8 Å². The van der Waals surface area contributed by atoms with Crippen LogP contribution in [-0.4, -0.2) is 36.3 Å². The lowest BCUT2D eigenvalue weighted by molar-refractivity contribution is -0.117. The smallest absolute Gasteiger partial charge is 0.251 e. The van der Waals surface area contributed by atoms with E-state index in [2.05, 4.69) is 10.6 Å². The van der Waals surface area contributed by atoms with Crippen LogP contribution >= 0.6 is 11.6 Å². The Morgan fingerprint density at radius 2 is 1.96 bits per heavy atom. The Balaban J connectivity index is 1.56. The van der Waals surface area contributed by atoms with Crippen molar-refractivity contribution in [3.05, 3.63) is 64.4 Å². The van der Waals surface area contributed by atoms with Crippen molar-refractivity contribution in [1.82, 2.24) is 10.2 Å². The van der Waals surface area contributed by atoms with Gasteiger partial charge in [-0.25, -0.2) is 4.39 Å². The van der Waals surface area contributed by atoms with Crippen molar-refractivity contribution < 1.29 is 14.0 Å². The van der Waals surface area contributed by atoms with Crippen LogP contribution in [0.25, 0.3) is 0 Å². The number of nitrogens with zero attached hydrogens (tertiary/aromatic N) is 1. The minimum Gasteiger partial charge on any atom is -0.349 e. The zero-order valence-electron chi connectivity index (χ0n) is 15.0. The Hall–Kier alpha value is -2.44. The van der Waals surface area contributed by atoms with E-state index in [0.717, 1.165) is 12.8 Å². The van der Waals surface area contributed by atoms with Gasteiger partial charge in [0.05, 0.1) is 6.54 Å². The molecule has 0 bridgehead atoms. The molecule has 1 aliphatic carbocycles. The maximum atomic E-state index is 13.9. The Kier molecular flexibility index (Phi) is 6.08. The molecule has 0 aliphatic heterocycles. The van der Waals surface area contributed by atoms with Crippen molar-refractivity contribution in [3.63, 3.8) is 0 Å². The standard InChI is InChI=1S/C20H21ClFN3O2/c1-25(11-16-17(21)6-3-7-18(16)22)12-19(26)23-15-5-2-4-13(10-15)20(27)24-14-8-9-14/h2-7,10,14H,8-9,11-12H2,1H3,(H,23,26)(H,24,27). The van der Waals surface area contributed by atoms with Crippen LogP contribution in [0.2, 0.25) is 5.02 Å². The third kappa shape index (κ3) is 5.52. The van der Waals surface area contributed by atoms with E-state index in [1.165, 1.54) is 6.07 Å². The summed E-state index contributed by atoms with van der Waals surface area (Å²) in [5.41, 5.74) is 1.40. The third-order valence-corrected chi connectivity index (χ3v) is 4.58. The van der Waals surface area contributed by atoms with Crippen LogP contribution in [0.3, 0.4) is 0 Å². The molecule has 1 saturated carbocycles. The van der Waals surface area contributed by atoms with Crippen molar-refractivity contribution in [2.45, 2.75) is 25.4 Å². The van der Waals surface area contributed by atoms with Gasteiger partial charge in [0.1, 0.15) is 5.82 Å². The van der Waals surface area contributed by atoms with E-state index in [1.54, 1.807) is 48.3 Å². The van der Waals surface area contributed by atoms with E-state index >= 15 is 0 Å². The second-order valence-corrected chi connectivity index (χ2v) is 7.16. The second-order valence-electron chi connectivity index (χ2n) is 6.75. The van der Waals surface area contributed by atoms with Gasteiger partial charge < -0.3 is 10.6 Å². The third-order valence-electron chi connectivity index (χ3n) is 4.22. The van der Waals surface area contributed by atoms with Gasteiger partial charge in [-0.05, 0) is 50.2 Å². The monoisotopic (exact) mass is 389 g/mol. The summed E-state index contributed by atoms with van der Waals surface area (Å²) in [5, 5.41) is 6.01. The molecule has 0 spiro atoms. The number of amides is 2. The Bertz CT molecular complexity index is 835. The van der Waals surface area contributed by atoms with Crippen molar-refractivity contribution >= 4 is 29.1 Å². The summed E-state index contributed by atoms with van der Waals surface area (Å²) in [7, 11) is 1.71. The second kappa shape index (κ2) is 8.50. The molecule has 27 heavy (non-hydrogen) atoms. The summed E-state index contributed by atoms with van der Waals surface area (Å²) in [6.45, 7) is 0.270. The topological polar surface area (TPSA) is 61.4 Å². The molecule has 142 valence electrons. The van der Waals surface area contributed by atoms with Crippen molar-refractivity contribution in [2.75, 3.05) is 18.9 Å². The molecule has 1 fully saturated rings. The molecule has 3 rings (SSSR count). The van der Waals surface area contributed by atoms with E-state index in [-0.39, 0.29) is 30.9 Å². The highest BCUT2D eigenvalue weighted by molar-refractivity contribution is 6.31. The fourth-order valence-corrected chi connectivity index (χ4v) is 2.91. The number of halogens is 2. The van der Waals surface area contributed by atoms with Crippen molar-refractivity contribution in [3.8, 4) is 0 Å². The van der Waals surface area contributed by atoms with Gasteiger partial charge in [0.15, 0.2) is 0 Å². The van der Waals surface area contributed by atoms with E-state index < -0.39 is 5.82 Å². The molecule has 1 aliphatic rings. The summed E-state index contributed by atoms with van der Waals surface area (Å²) in [4.78, 5) is 26.0. The van der Waals surface area contributed by atoms with Crippen LogP contribution < -0.4 is 10.6 Å². The number of anilines is 1. The molecule has 0 atom stereocenters. The predicted molar refractivity (Wildman–Crippen MR) is 103 cm³/mol. The van der Waals surface area contributed by atoms with Gasteiger partial charge in [0.25, 0.3) is 5.91 Å². The van der Waals surface area contributed by atoms with E-state index in [9.17, 15) is 14.0 Å². The summed E-state index contributed by atoms with van der Waals surface area (Å²) in [6, 6.07) is 11.6. The highest BCUT2D eigenvalue weighted by atomic mass is 35.5. The predicted octanol–water partition coefficient (Wildman–Crippen LogP) is 3.44. The lowest BCUT2D eigenvalue weighted by Crippen LogP contribution is -2.30. The van der Waals surface area contributed by atoms with Gasteiger partial charge in [0, 0.05) is 34.4 Å². The molecule has 0 radical (unpaired) electrons. The first kappa shape index (κ1) is 19.3. The Morgan fingerprint density at radius 3 is 2.67 bits per heavy atom. The molecule has 7 heteroatoms. The highest BCUT2D eigenvalue weighted by Gasteiger charge is 2.23. The number of carbonyl (C=O) groups excluding carboxylic acids is 2. The van der Waals surface area contributed by atoms with Crippen LogP contribution in [-0.2, 0) is 11.3 Å². The zero-order valence-corrected chi connectivity index (χ0v) is 15.7. The minimum atomic E-state index is -0.399. The van der Waals surface area contributed by atoms with E-state index in [1.807, 2.05) is 0 Å². The summed E-state index contributed by atoms with van der Waals surface area (Å²) in [5.74, 6) is -0.797. The number of rotatable bonds is 7. The van der Waals surface area contributed by atoms with Gasteiger partial charge in [-0.1, -0.05) is 23.7 Å². The molecular weight excluding hydrogens is 369 g/mol. The van der Waals surface area contributed by atoms with Gasteiger partial charge in [0.2, 0.25) is 5.91 Å². The summed E-state index contributed by atoms with van der Waals surface area (Å²) < 4.78 is 13.9. The fourth-order valence-electron chi connectivity index (χ4n) is 2.69. The average molecular weight is 390 g/mol. The first-order chi connectivity index (χ1) is 12.9. The minimum absolute atomic E-state index is 0.0587. The summed E-state index contributed by atoms with van der Waals surface area (Å²) >= 11 is 6.02. The van der Waals surface area contributed by atoms with Gasteiger partial charge in [-0.3, -0.25) is 14.5 Å². The SMILES string of the molecule is CN(CC(=O)Nc1cccc(C(=O)NC2CC2)c1)Cc1c(F)cccc1Cl. The molecule has 2 aromatic rings. The maximum Gasteiger partial charge on any atom is 0.251 e. The molecule has 2 amide bonds. The first-order valence-electron chi connectivity index (χ1n) is 8.74. The van der Waals surface area contributed by atoms with Gasteiger partial charge in [-0.2, -0.15) is 0 Å². The van der Waals surface area contributed by atoms with Gasteiger partial charge in [-0.15, -0.1) is 0 Å². The van der Waals surface area contributed by atoms with Crippen LogP contribution in [0.15, 0.2) is 42.5 Å². The molecule has 0 saturated heterocycles. The molecule has 2 N–H and O–H groups in total. The van der Waals surface area contributed by atoms with Crippen molar-refractivity contribution in [2.24, 2.45) is 0 Å². The molecule has 0 unspecified atom stereocenters. The Morgan fingerprint density at radius 1 is 1.22 bits per heavy atom. The van der Waals surface area contributed by atoms with Crippen molar-refractivity contribution in [1.29, 1.82) is 0 Å². The number of nitrogens with one attached hydrogen (secondary N) is 2. The molecule has 2 aromatic carbocycles. The lowest BCUT2D eigenvalue weighted by atomic mass is 10.2. The number of benzene rings is 2. The summed E-state index contributed by atoms with van der Waals surface area (Å²) in [6.07, 6.45) is 2.03. The van der Waals surface area contributed by atoms with Crippen LogP contribution in [0.4, 0.5) is 10.1 Å². The van der Waals surface area contributed by atoms with Gasteiger partial charge >= 0.3 is 0 Å². The maximum absolute atomic E-state index is 13.9. The molecular formula is C20H21ClFN3O2. The molecule has 5 nitrogen and oxygen atoms in total.